The molecule has 8 nitrogen and oxygen atoms in total. The van der Waals surface area contributed by atoms with Gasteiger partial charge in [-0.2, -0.15) is 8.42 Å². The molecule has 3 aliphatic rings. The van der Waals surface area contributed by atoms with Crippen LogP contribution < -0.4 is 13.7 Å². The number of nitrogens with zero attached hydrogens (tertiary/aromatic N) is 1. The van der Waals surface area contributed by atoms with Gasteiger partial charge in [-0.15, -0.1) is 0 Å². The van der Waals surface area contributed by atoms with Gasteiger partial charge in [0.25, 0.3) is 0 Å². The summed E-state index contributed by atoms with van der Waals surface area (Å²) >= 11 is 0. The third-order valence-electron chi connectivity index (χ3n) is 8.41. The number of benzene rings is 3. The van der Waals surface area contributed by atoms with E-state index in [0.29, 0.717) is 30.4 Å². The molecule has 0 bridgehead atoms. The first kappa shape index (κ1) is 25.7. The zero-order chi connectivity index (χ0) is 27.3. The predicted octanol–water partition coefficient (Wildman–Crippen LogP) is 5.09. The minimum Gasteiger partial charge on any atom is -0.496 e. The molecule has 0 aromatic heterocycles. The Hall–Kier alpha value is -3.56. The molecule has 0 spiro atoms. The van der Waals surface area contributed by atoms with E-state index in [4.69, 9.17) is 13.7 Å². The second-order valence-electron chi connectivity index (χ2n) is 10.5. The Morgan fingerprint density at radius 2 is 1.72 bits per heavy atom. The van der Waals surface area contributed by atoms with Gasteiger partial charge >= 0.3 is 16.1 Å². The summed E-state index contributed by atoms with van der Waals surface area (Å²) in [4.78, 5) is 14.2. The van der Waals surface area contributed by atoms with Crippen molar-refractivity contribution in [3.8, 4) is 17.2 Å². The number of carbonyl (C=O) groups is 1. The number of aromatic carboxylic acids is 1. The van der Waals surface area contributed by atoms with Crippen molar-refractivity contribution in [1.29, 1.82) is 0 Å². The summed E-state index contributed by atoms with van der Waals surface area (Å²) in [5.74, 6) is 0.409. The number of hydrogen-bond acceptors (Lipinski definition) is 7. The van der Waals surface area contributed by atoms with Gasteiger partial charge in [0.05, 0.1) is 14.2 Å². The largest absolute Gasteiger partial charge is 0.496 e. The van der Waals surface area contributed by atoms with Crippen LogP contribution in [-0.4, -0.2) is 45.2 Å². The van der Waals surface area contributed by atoms with Crippen LogP contribution in [0.25, 0.3) is 0 Å². The number of rotatable bonds is 7. The topological polar surface area (TPSA) is 102 Å². The van der Waals surface area contributed by atoms with Gasteiger partial charge in [0.2, 0.25) is 0 Å². The Kier molecular flexibility index (Phi) is 6.51. The van der Waals surface area contributed by atoms with Crippen molar-refractivity contribution in [2.24, 2.45) is 0 Å². The average Bonchev–Trinajstić information content (AvgIpc) is 2.90. The van der Waals surface area contributed by atoms with Crippen LogP contribution in [0.2, 0.25) is 0 Å². The Morgan fingerprint density at radius 1 is 0.974 bits per heavy atom. The van der Waals surface area contributed by atoms with Crippen LogP contribution in [0.4, 0.5) is 0 Å². The smallest absolute Gasteiger partial charge is 0.339 e. The van der Waals surface area contributed by atoms with Crippen molar-refractivity contribution in [2.75, 3.05) is 20.8 Å². The van der Waals surface area contributed by atoms with Crippen LogP contribution in [-0.2, 0) is 29.5 Å². The van der Waals surface area contributed by atoms with Crippen LogP contribution in [0.15, 0.2) is 53.4 Å². The molecular formula is C30H31NO7S. The molecule has 1 saturated carbocycles. The van der Waals surface area contributed by atoms with Crippen LogP contribution in [0, 0.1) is 0 Å². The Morgan fingerprint density at radius 3 is 2.36 bits per heavy atom. The quantitative estimate of drug-likeness (QED) is 0.407. The summed E-state index contributed by atoms with van der Waals surface area (Å²) in [5.41, 5.74) is 5.05. The lowest BCUT2D eigenvalue weighted by Gasteiger charge is -2.42. The van der Waals surface area contributed by atoms with E-state index in [1.807, 2.05) is 24.3 Å². The van der Waals surface area contributed by atoms with Crippen molar-refractivity contribution in [2.45, 2.75) is 55.5 Å². The summed E-state index contributed by atoms with van der Waals surface area (Å²) < 4.78 is 43.4. The minimum atomic E-state index is -4.09. The first-order valence-electron chi connectivity index (χ1n) is 13.2. The molecule has 3 aromatic rings. The van der Waals surface area contributed by atoms with Crippen molar-refractivity contribution in [3.63, 3.8) is 0 Å². The zero-order valence-corrected chi connectivity index (χ0v) is 22.8. The fourth-order valence-electron chi connectivity index (χ4n) is 6.03. The Bertz CT molecular complexity index is 1540. The maximum atomic E-state index is 13.4. The van der Waals surface area contributed by atoms with Crippen LogP contribution >= 0.6 is 0 Å². The van der Waals surface area contributed by atoms with Gasteiger partial charge in [-0.3, -0.25) is 4.90 Å². The van der Waals surface area contributed by atoms with Crippen LogP contribution in [0.1, 0.15) is 69.4 Å². The molecule has 0 saturated heterocycles. The summed E-state index contributed by atoms with van der Waals surface area (Å²) in [7, 11) is -1.11. The van der Waals surface area contributed by atoms with E-state index in [0.717, 1.165) is 53.6 Å². The van der Waals surface area contributed by atoms with Gasteiger partial charge in [-0.1, -0.05) is 24.6 Å². The molecule has 1 unspecified atom stereocenters. The minimum absolute atomic E-state index is 0.0397. The zero-order valence-electron chi connectivity index (χ0n) is 22.0. The monoisotopic (exact) mass is 549 g/mol. The number of hydrogen-bond donors (Lipinski definition) is 1. The van der Waals surface area contributed by atoms with E-state index >= 15 is 0 Å². The molecule has 1 fully saturated rings. The summed E-state index contributed by atoms with van der Waals surface area (Å²) in [6.07, 6.45) is 4.81. The second kappa shape index (κ2) is 9.88. The Balaban J connectivity index is 1.34. The maximum absolute atomic E-state index is 13.4. The highest BCUT2D eigenvalue weighted by atomic mass is 32.2. The van der Waals surface area contributed by atoms with E-state index in [-0.39, 0.29) is 22.3 Å². The Labute approximate surface area is 228 Å². The highest BCUT2D eigenvalue weighted by molar-refractivity contribution is 7.87. The number of fused-ring (bicyclic) bond motifs is 4. The average molecular weight is 550 g/mol. The summed E-state index contributed by atoms with van der Waals surface area (Å²) in [6, 6.07) is 14.2. The molecule has 1 atom stereocenters. The van der Waals surface area contributed by atoms with E-state index in [1.165, 1.54) is 20.6 Å². The molecule has 1 aliphatic carbocycles. The van der Waals surface area contributed by atoms with Crippen LogP contribution in [0.5, 0.6) is 17.2 Å². The molecule has 2 heterocycles. The molecule has 6 rings (SSSR count). The molecule has 0 radical (unpaired) electrons. The van der Waals surface area contributed by atoms with E-state index < -0.39 is 16.1 Å². The molecule has 9 heteroatoms. The third-order valence-corrected chi connectivity index (χ3v) is 9.65. The number of ether oxygens (including phenoxy) is 2. The first-order chi connectivity index (χ1) is 18.8. The number of carboxylic acid groups (broad SMARTS) is 1. The summed E-state index contributed by atoms with van der Waals surface area (Å²) in [5, 5.41) is 9.73. The van der Waals surface area contributed by atoms with Crippen molar-refractivity contribution >= 4 is 16.1 Å². The van der Waals surface area contributed by atoms with Crippen molar-refractivity contribution in [3.05, 3.63) is 81.9 Å². The highest BCUT2D eigenvalue weighted by Crippen LogP contribution is 2.45. The van der Waals surface area contributed by atoms with Crippen LogP contribution in [0.3, 0.4) is 0 Å². The molecule has 2 aliphatic heterocycles. The lowest BCUT2D eigenvalue weighted by Crippen LogP contribution is -2.39. The lowest BCUT2D eigenvalue weighted by molar-refractivity contribution is 0.0692. The molecule has 0 amide bonds. The van der Waals surface area contributed by atoms with Gasteiger partial charge in [0, 0.05) is 24.7 Å². The van der Waals surface area contributed by atoms with Gasteiger partial charge in [-0.25, -0.2) is 4.79 Å². The van der Waals surface area contributed by atoms with Gasteiger partial charge in [0.15, 0.2) is 11.5 Å². The summed E-state index contributed by atoms with van der Waals surface area (Å²) in [6.45, 7) is 1.19. The van der Waals surface area contributed by atoms with E-state index in [9.17, 15) is 18.3 Å². The molecule has 3 aromatic carbocycles. The van der Waals surface area contributed by atoms with Gasteiger partial charge in [0.1, 0.15) is 16.2 Å². The van der Waals surface area contributed by atoms with E-state index in [2.05, 4.69) is 4.90 Å². The SMILES string of the molecule is COc1cc2c(cc1C(=O)O)C1Cc3ccc(OC)c(OS(=O)(=O)c4ccc(C5CCC5)cc4)c3CN1CC2. The second-order valence-corrected chi connectivity index (χ2v) is 12.0. The molecule has 39 heavy (non-hydrogen) atoms. The lowest BCUT2D eigenvalue weighted by atomic mass is 9.80. The molecular weight excluding hydrogens is 518 g/mol. The van der Waals surface area contributed by atoms with Crippen molar-refractivity contribution in [1.82, 2.24) is 4.90 Å². The van der Waals surface area contributed by atoms with E-state index in [1.54, 1.807) is 24.3 Å². The fourth-order valence-corrected chi connectivity index (χ4v) is 7.00. The third kappa shape index (κ3) is 4.53. The highest BCUT2D eigenvalue weighted by Gasteiger charge is 2.36. The van der Waals surface area contributed by atoms with Gasteiger partial charge in [-0.05, 0) is 84.2 Å². The first-order valence-corrected chi connectivity index (χ1v) is 14.6. The van der Waals surface area contributed by atoms with Crippen molar-refractivity contribution < 1.29 is 32.0 Å². The fraction of sp³-hybridized carbons (Fsp3) is 0.367. The molecule has 204 valence electrons. The van der Waals surface area contributed by atoms with Gasteiger partial charge < -0.3 is 18.8 Å². The predicted molar refractivity (Wildman–Crippen MR) is 144 cm³/mol. The maximum Gasteiger partial charge on any atom is 0.339 e. The normalized spacial score (nSPS) is 18.8. The number of methoxy groups -OCH3 is 2. The molecule has 1 N–H and O–H groups in total. The standard InChI is InChI=1S/C30H31NO7S/c1-36-27-11-8-20-14-26-23-16-24(30(32)33)28(37-2)15-21(23)12-13-31(26)17-25(20)29(27)38-39(34,35)22-9-6-19(7-10-22)18-4-3-5-18/h6-11,15-16,18,26H,3-5,12-14,17H2,1-2H3,(H,32,33). The number of carboxylic acids is 1.